The summed E-state index contributed by atoms with van der Waals surface area (Å²) >= 11 is 1.47. The molecule has 0 saturated heterocycles. The lowest BCUT2D eigenvalue weighted by molar-refractivity contribution is -0.136. The Balaban J connectivity index is 1.64. The number of para-hydroxylation sites is 2. The van der Waals surface area contributed by atoms with Crippen LogP contribution in [0.25, 0.3) is 11.0 Å². The summed E-state index contributed by atoms with van der Waals surface area (Å²) in [7, 11) is 0. The molecule has 0 fully saturated rings. The van der Waals surface area contributed by atoms with Crippen molar-refractivity contribution in [2.45, 2.75) is 17.4 Å². The zero-order valence-electron chi connectivity index (χ0n) is 15.0. The van der Waals surface area contributed by atoms with Crippen LogP contribution >= 0.6 is 11.8 Å². The van der Waals surface area contributed by atoms with E-state index in [1.807, 2.05) is 36.6 Å². The number of thioether (sulfide) groups is 1. The molecule has 0 aliphatic rings. The average Bonchev–Trinajstić information content (AvgIpc) is 3.12. The van der Waals surface area contributed by atoms with Gasteiger partial charge < -0.3 is 20.2 Å². The molecule has 0 aliphatic heterocycles. The van der Waals surface area contributed by atoms with Crippen LogP contribution in [0.3, 0.4) is 0 Å². The van der Waals surface area contributed by atoms with Crippen molar-refractivity contribution < 1.29 is 19.1 Å². The Morgan fingerprint density at radius 2 is 1.81 bits per heavy atom. The van der Waals surface area contributed by atoms with Crippen molar-refractivity contribution in [2.24, 2.45) is 0 Å². The minimum absolute atomic E-state index is 0.163. The smallest absolute Gasteiger partial charge is 0.313 e. The first-order chi connectivity index (χ1) is 12.9. The van der Waals surface area contributed by atoms with Crippen LogP contribution in [0.5, 0.6) is 0 Å². The molecule has 0 saturated carbocycles. The summed E-state index contributed by atoms with van der Waals surface area (Å²) in [5, 5.41) is 16.5. The number of hydrogen-bond donors (Lipinski definition) is 3. The second-order valence-electron chi connectivity index (χ2n) is 6.26. The van der Waals surface area contributed by atoms with Gasteiger partial charge in [0.1, 0.15) is 16.9 Å². The highest BCUT2D eigenvalue weighted by atomic mass is 32.2. The quantitative estimate of drug-likeness (QED) is 0.464. The largest absolute Gasteiger partial charge is 0.458 e. The molecule has 0 unspecified atom stereocenters. The van der Waals surface area contributed by atoms with Crippen LogP contribution in [0, 0.1) is 0 Å². The second kappa shape index (κ2) is 7.85. The van der Waals surface area contributed by atoms with E-state index in [0.717, 1.165) is 10.3 Å². The summed E-state index contributed by atoms with van der Waals surface area (Å²) < 4.78 is 5.65. The van der Waals surface area contributed by atoms with Crippen LogP contribution in [0.1, 0.15) is 12.7 Å². The Labute approximate surface area is 160 Å². The number of aliphatic hydroxyl groups is 1. The fraction of sp³-hybridized carbons (Fsp3) is 0.200. The molecule has 0 radical (unpaired) electrons. The predicted molar refractivity (Wildman–Crippen MR) is 106 cm³/mol. The Kier molecular flexibility index (Phi) is 5.53. The molecule has 0 spiro atoms. The van der Waals surface area contributed by atoms with Crippen molar-refractivity contribution in [1.29, 1.82) is 0 Å². The third-order valence-corrected chi connectivity index (χ3v) is 4.91. The Morgan fingerprint density at radius 3 is 2.56 bits per heavy atom. The van der Waals surface area contributed by atoms with Gasteiger partial charge in [0.2, 0.25) is 0 Å². The van der Waals surface area contributed by atoms with Crippen molar-refractivity contribution in [2.75, 3.05) is 18.1 Å². The van der Waals surface area contributed by atoms with Gasteiger partial charge in [-0.15, -0.1) is 11.8 Å². The molecule has 3 aromatic rings. The molecule has 6 nitrogen and oxygen atoms in total. The van der Waals surface area contributed by atoms with Gasteiger partial charge >= 0.3 is 11.8 Å². The van der Waals surface area contributed by atoms with E-state index in [9.17, 15) is 14.7 Å². The van der Waals surface area contributed by atoms with Crippen LogP contribution in [0.4, 0.5) is 5.69 Å². The zero-order chi connectivity index (χ0) is 19.4. The molecule has 7 heteroatoms. The van der Waals surface area contributed by atoms with Crippen LogP contribution < -0.4 is 10.6 Å². The van der Waals surface area contributed by atoms with Crippen molar-refractivity contribution in [3.63, 3.8) is 0 Å². The summed E-state index contributed by atoms with van der Waals surface area (Å²) in [6, 6.07) is 16.3. The number of fused-ring (bicyclic) bond motifs is 1. The molecule has 2 aromatic carbocycles. The van der Waals surface area contributed by atoms with Crippen molar-refractivity contribution in [1.82, 2.24) is 5.32 Å². The molecular formula is C20H20N2O4S. The number of carbonyl (C=O) groups excluding carboxylic acids is 2. The normalized spacial score (nSPS) is 13.1. The molecule has 1 atom stereocenters. The first-order valence-electron chi connectivity index (χ1n) is 8.34. The first kappa shape index (κ1) is 19.0. The van der Waals surface area contributed by atoms with Gasteiger partial charge in [0, 0.05) is 10.3 Å². The van der Waals surface area contributed by atoms with Crippen LogP contribution in [-0.2, 0) is 15.2 Å². The zero-order valence-corrected chi connectivity index (χ0v) is 15.8. The maximum Gasteiger partial charge on any atom is 0.313 e. The fourth-order valence-corrected chi connectivity index (χ4v) is 3.15. The predicted octanol–water partition coefficient (Wildman–Crippen LogP) is 3.12. The van der Waals surface area contributed by atoms with Gasteiger partial charge in [-0.1, -0.05) is 30.3 Å². The monoisotopic (exact) mass is 384 g/mol. The van der Waals surface area contributed by atoms with Gasteiger partial charge in [-0.05, 0) is 37.4 Å². The van der Waals surface area contributed by atoms with Gasteiger partial charge in [-0.3, -0.25) is 9.59 Å². The minimum atomic E-state index is -1.45. The summed E-state index contributed by atoms with van der Waals surface area (Å²) in [6.45, 7) is 1.36. The molecule has 1 aromatic heterocycles. The van der Waals surface area contributed by atoms with Crippen LogP contribution in [0.15, 0.2) is 63.9 Å². The lowest BCUT2D eigenvalue weighted by Gasteiger charge is -2.21. The van der Waals surface area contributed by atoms with Crippen molar-refractivity contribution >= 4 is 40.2 Å². The number of benzene rings is 2. The van der Waals surface area contributed by atoms with Crippen LogP contribution in [0.2, 0.25) is 0 Å². The summed E-state index contributed by atoms with van der Waals surface area (Å²) in [4.78, 5) is 25.1. The highest BCUT2D eigenvalue weighted by Crippen LogP contribution is 2.27. The minimum Gasteiger partial charge on any atom is -0.458 e. The first-order valence-corrected chi connectivity index (χ1v) is 9.57. The van der Waals surface area contributed by atoms with E-state index in [1.54, 1.807) is 24.3 Å². The molecule has 2 amide bonds. The third-order valence-electron chi connectivity index (χ3n) is 4.11. The molecule has 3 N–H and O–H groups in total. The van der Waals surface area contributed by atoms with E-state index in [1.165, 1.54) is 18.7 Å². The SMILES string of the molecule is CSc1ccccc1NC(=O)C(=O)NC[C@](C)(O)c1cc2ccccc2o1. The molecule has 27 heavy (non-hydrogen) atoms. The molecule has 0 aliphatic carbocycles. The van der Waals surface area contributed by atoms with Crippen LogP contribution in [-0.4, -0.2) is 29.7 Å². The van der Waals surface area contributed by atoms with Gasteiger partial charge in [0.05, 0.1) is 12.2 Å². The summed E-state index contributed by atoms with van der Waals surface area (Å²) in [5.74, 6) is -1.31. The number of nitrogens with one attached hydrogen (secondary N) is 2. The van der Waals surface area contributed by atoms with E-state index < -0.39 is 17.4 Å². The number of furan rings is 1. The number of hydrogen-bond acceptors (Lipinski definition) is 5. The Bertz CT molecular complexity index is 948. The van der Waals surface area contributed by atoms with Gasteiger partial charge in [-0.2, -0.15) is 0 Å². The highest BCUT2D eigenvalue weighted by Gasteiger charge is 2.29. The topological polar surface area (TPSA) is 91.6 Å². The fourth-order valence-electron chi connectivity index (χ4n) is 2.59. The summed E-state index contributed by atoms with van der Waals surface area (Å²) in [6.07, 6.45) is 1.88. The average molecular weight is 384 g/mol. The molecule has 1 heterocycles. The molecule has 0 bridgehead atoms. The number of anilines is 1. The Morgan fingerprint density at radius 1 is 1.11 bits per heavy atom. The van der Waals surface area contributed by atoms with Gasteiger partial charge in [-0.25, -0.2) is 0 Å². The standard InChI is InChI=1S/C20H20N2O4S/c1-20(25,17-11-13-7-3-5-9-15(13)26-17)12-21-18(23)19(24)22-14-8-4-6-10-16(14)27-2/h3-11,25H,12H2,1-2H3,(H,21,23)(H,22,24)/t20-/m0/s1. The maximum absolute atomic E-state index is 12.1. The maximum atomic E-state index is 12.1. The molecular weight excluding hydrogens is 364 g/mol. The Hall–Kier alpha value is -2.77. The van der Waals surface area contributed by atoms with E-state index in [4.69, 9.17) is 4.42 Å². The highest BCUT2D eigenvalue weighted by molar-refractivity contribution is 7.98. The third kappa shape index (κ3) is 4.32. The van der Waals surface area contributed by atoms with E-state index in [-0.39, 0.29) is 6.54 Å². The van der Waals surface area contributed by atoms with E-state index in [2.05, 4.69) is 10.6 Å². The number of carbonyl (C=O) groups is 2. The number of rotatable bonds is 5. The van der Waals surface area contributed by atoms with E-state index in [0.29, 0.717) is 17.0 Å². The summed E-state index contributed by atoms with van der Waals surface area (Å²) in [5.41, 5.74) is -0.244. The lowest BCUT2D eigenvalue weighted by Crippen LogP contribution is -2.43. The molecule has 3 rings (SSSR count). The van der Waals surface area contributed by atoms with Crippen molar-refractivity contribution in [3.8, 4) is 0 Å². The van der Waals surface area contributed by atoms with Gasteiger partial charge in [0.15, 0.2) is 0 Å². The van der Waals surface area contributed by atoms with E-state index >= 15 is 0 Å². The lowest BCUT2D eigenvalue weighted by atomic mass is 10.0. The molecule has 140 valence electrons. The number of amides is 2. The van der Waals surface area contributed by atoms with Crippen molar-refractivity contribution in [3.05, 3.63) is 60.4 Å². The van der Waals surface area contributed by atoms with Gasteiger partial charge in [0.25, 0.3) is 0 Å². The second-order valence-corrected chi connectivity index (χ2v) is 7.11.